The quantitative estimate of drug-likeness (QED) is 0.402. The topological polar surface area (TPSA) is 80.3 Å². The molecule has 1 heterocycles. The van der Waals surface area contributed by atoms with Gasteiger partial charge in [0.25, 0.3) is 5.91 Å². The fraction of sp³-hybridized carbons (Fsp3) is 0.115. The molecular weight excluding hydrogens is 421 g/mol. The fourth-order valence-electron chi connectivity index (χ4n) is 3.43. The van der Waals surface area contributed by atoms with Crippen LogP contribution in [0.3, 0.4) is 0 Å². The number of aromatic nitrogens is 1. The number of nitrogens with zero attached hydrogens (tertiary/aromatic N) is 1. The Bertz CT molecular complexity index is 1310. The molecule has 0 radical (unpaired) electrons. The number of rotatable bonds is 7. The van der Waals surface area contributed by atoms with Gasteiger partial charge in [0.1, 0.15) is 18.2 Å². The third kappa shape index (κ3) is 5.51. The van der Waals surface area contributed by atoms with Crippen molar-refractivity contribution in [3.05, 3.63) is 90.2 Å². The molecule has 0 bridgehead atoms. The third-order valence-corrected chi connectivity index (χ3v) is 4.91. The minimum atomic E-state index is -0.333. The standard InChI is InChI=1S/C26H22FN3O3/c1-17(31)29-20-5-4-6-21(15-20)33-14-13-28-26(32)23-16-25(18-9-11-19(27)12-10-18)30-24-8-3-2-7-22(23)24/h2-12,15-16H,13-14H2,1H3,(H,28,32)(H,29,31). The average molecular weight is 443 g/mol. The van der Waals surface area contributed by atoms with Crippen molar-refractivity contribution >= 4 is 28.4 Å². The van der Waals surface area contributed by atoms with Crippen LogP contribution < -0.4 is 15.4 Å². The summed E-state index contributed by atoms with van der Waals surface area (Å²) >= 11 is 0. The van der Waals surface area contributed by atoms with Crippen molar-refractivity contribution in [1.29, 1.82) is 0 Å². The van der Waals surface area contributed by atoms with E-state index < -0.39 is 0 Å². The van der Waals surface area contributed by atoms with Crippen molar-refractivity contribution in [3.8, 4) is 17.0 Å². The molecule has 0 aliphatic carbocycles. The van der Waals surface area contributed by atoms with Gasteiger partial charge < -0.3 is 15.4 Å². The van der Waals surface area contributed by atoms with Crippen LogP contribution in [0.4, 0.5) is 10.1 Å². The van der Waals surface area contributed by atoms with Gasteiger partial charge in [0, 0.05) is 29.6 Å². The highest BCUT2D eigenvalue weighted by atomic mass is 19.1. The minimum absolute atomic E-state index is 0.163. The van der Waals surface area contributed by atoms with Gasteiger partial charge in [-0.2, -0.15) is 0 Å². The van der Waals surface area contributed by atoms with Crippen molar-refractivity contribution in [2.45, 2.75) is 6.92 Å². The second-order valence-corrected chi connectivity index (χ2v) is 7.39. The van der Waals surface area contributed by atoms with Crippen molar-refractivity contribution in [1.82, 2.24) is 10.3 Å². The lowest BCUT2D eigenvalue weighted by Crippen LogP contribution is -2.28. The maximum absolute atomic E-state index is 13.3. The normalized spacial score (nSPS) is 10.6. The monoisotopic (exact) mass is 443 g/mol. The molecule has 33 heavy (non-hydrogen) atoms. The van der Waals surface area contributed by atoms with E-state index in [1.54, 1.807) is 42.5 Å². The summed E-state index contributed by atoms with van der Waals surface area (Å²) in [7, 11) is 0. The number of fused-ring (bicyclic) bond motifs is 1. The molecule has 0 aliphatic heterocycles. The van der Waals surface area contributed by atoms with Gasteiger partial charge >= 0.3 is 0 Å². The molecule has 4 aromatic rings. The first-order valence-corrected chi connectivity index (χ1v) is 10.4. The molecule has 0 unspecified atom stereocenters. The van der Waals surface area contributed by atoms with E-state index in [4.69, 9.17) is 4.74 Å². The van der Waals surface area contributed by atoms with Crippen LogP contribution in [-0.2, 0) is 4.79 Å². The Morgan fingerprint density at radius 2 is 1.76 bits per heavy atom. The van der Waals surface area contributed by atoms with Crippen molar-refractivity contribution in [3.63, 3.8) is 0 Å². The van der Waals surface area contributed by atoms with Crippen molar-refractivity contribution in [2.75, 3.05) is 18.5 Å². The van der Waals surface area contributed by atoms with Crippen LogP contribution in [0, 0.1) is 5.82 Å². The van der Waals surface area contributed by atoms with E-state index in [1.807, 2.05) is 24.3 Å². The average Bonchev–Trinajstić information content (AvgIpc) is 2.81. The van der Waals surface area contributed by atoms with Crippen molar-refractivity contribution in [2.24, 2.45) is 0 Å². The number of hydrogen-bond donors (Lipinski definition) is 2. The minimum Gasteiger partial charge on any atom is -0.492 e. The first-order chi connectivity index (χ1) is 16.0. The summed E-state index contributed by atoms with van der Waals surface area (Å²) in [6, 6.07) is 22.1. The zero-order chi connectivity index (χ0) is 23.2. The van der Waals surface area contributed by atoms with Gasteiger partial charge in [-0.25, -0.2) is 9.37 Å². The molecular formula is C26H22FN3O3. The predicted molar refractivity (Wildman–Crippen MR) is 126 cm³/mol. The number of carbonyl (C=O) groups excluding carboxylic acids is 2. The molecule has 1 aromatic heterocycles. The lowest BCUT2D eigenvalue weighted by Gasteiger charge is -2.12. The van der Waals surface area contributed by atoms with Crippen LogP contribution in [0.2, 0.25) is 0 Å². The molecule has 0 fully saturated rings. The first kappa shape index (κ1) is 22.0. The molecule has 4 rings (SSSR count). The molecule has 6 nitrogen and oxygen atoms in total. The van der Waals surface area contributed by atoms with E-state index in [2.05, 4.69) is 15.6 Å². The van der Waals surface area contributed by atoms with Crippen LogP contribution >= 0.6 is 0 Å². The number of carbonyl (C=O) groups is 2. The molecule has 0 saturated carbocycles. The van der Waals surface area contributed by atoms with Gasteiger partial charge in [-0.3, -0.25) is 9.59 Å². The van der Waals surface area contributed by atoms with E-state index >= 15 is 0 Å². The lowest BCUT2D eigenvalue weighted by molar-refractivity contribution is -0.114. The number of benzene rings is 3. The van der Waals surface area contributed by atoms with Gasteiger partial charge in [-0.15, -0.1) is 0 Å². The SMILES string of the molecule is CC(=O)Nc1cccc(OCCNC(=O)c2cc(-c3ccc(F)cc3)nc3ccccc23)c1. The largest absolute Gasteiger partial charge is 0.492 e. The maximum atomic E-state index is 13.3. The fourth-order valence-corrected chi connectivity index (χ4v) is 3.43. The van der Waals surface area contributed by atoms with Gasteiger partial charge in [0.05, 0.1) is 23.3 Å². The number of para-hydroxylation sites is 1. The molecule has 0 atom stereocenters. The zero-order valence-electron chi connectivity index (χ0n) is 18.0. The molecule has 0 saturated heterocycles. The number of amides is 2. The highest BCUT2D eigenvalue weighted by molar-refractivity contribution is 6.07. The number of ether oxygens (including phenoxy) is 1. The maximum Gasteiger partial charge on any atom is 0.252 e. The number of halogens is 1. The van der Waals surface area contributed by atoms with Gasteiger partial charge in [0.2, 0.25) is 5.91 Å². The van der Waals surface area contributed by atoms with Crippen molar-refractivity contribution < 1.29 is 18.7 Å². The second kappa shape index (κ2) is 9.91. The Hall–Kier alpha value is -4.26. The second-order valence-electron chi connectivity index (χ2n) is 7.39. The summed E-state index contributed by atoms with van der Waals surface area (Å²) in [5.74, 6) is -0.167. The summed E-state index contributed by atoms with van der Waals surface area (Å²) < 4.78 is 19.0. The van der Waals surface area contributed by atoms with Crippen LogP contribution in [-0.4, -0.2) is 29.9 Å². The highest BCUT2D eigenvalue weighted by Gasteiger charge is 2.14. The van der Waals surface area contributed by atoms with Gasteiger partial charge in [-0.05, 0) is 48.5 Å². The summed E-state index contributed by atoms with van der Waals surface area (Å²) in [4.78, 5) is 28.8. The van der Waals surface area contributed by atoms with Crippen LogP contribution in [0.5, 0.6) is 5.75 Å². The van der Waals surface area contributed by atoms with Gasteiger partial charge in [-0.1, -0.05) is 24.3 Å². The number of hydrogen-bond acceptors (Lipinski definition) is 4. The Morgan fingerprint density at radius 1 is 0.970 bits per heavy atom. The van der Waals surface area contributed by atoms with Gasteiger partial charge in [0.15, 0.2) is 0 Å². The number of pyridine rings is 1. The van der Waals surface area contributed by atoms with Crippen LogP contribution in [0.1, 0.15) is 17.3 Å². The van der Waals surface area contributed by atoms with E-state index in [0.717, 1.165) is 10.9 Å². The van der Waals surface area contributed by atoms with E-state index in [0.29, 0.717) is 28.2 Å². The third-order valence-electron chi connectivity index (χ3n) is 4.91. The summed E-state index contributed by atoms with van der Waals surface area (Å²) in [6.45, 7) is 1.97. The molecule has 2 N–H and O–H groups in total. The lowest BCUT2D eigenvalue weighted by atomic mass is 10.0. The molecule has 2 amide bonds. The predicted octanol–water partition coefficient (Wildman–Crippen LogP) is 4.81. The first-order valence-electron chi connectivity index (χ1n) is 10.4. The molecule has 0 aliphatic rings. The molecule has 3 aromatic carbocycles. The molecule has 166 valence electrons. The molecule has 0 spiro atoms. The summed E-state index contributed by atoms with van der Waals surface area (Å²) in [6.07, 6.45) is 0. The van der Waals surface area contributed by atoms with E-state index in [-0.39, 0.29) is 30.8 Å². The Labute approximate surface area is 190 Å². The van der Waals surface area contributed by atoms with E-state index in [9.17, 15) is 14.0 Å². The van der Waals surface area contributed by atoms with Crippen LogP contribution in [0.15, 0.2) is 78.9 Å². The van der Waals surface area contributed by atoms with E-state index in [1.165, 1.54) is 19.1 Å². The zero-order valence-corrected chi connectivity index (χ0v) is 18.0. The Balaban J connectivity index is 1.46. The Kier molecular flexibility index (Phi) is 6.59. The number of nitrogens with one attached hydrogen (secondary N) is 2. The summed E-state index contributed by atoms with van der Waals surface area (Å²) in [5, 5.41) is 6.30. The number of anilines is 1. The molecule has 7 heteroatoms. The highest BCUT2D eigenvalue weighted by Crippen LogP contribution is 2.25. The van der Waals surface area contributed by atoms with Crippen LogP contribution in [0.25, 0.3) is 22.2 Å². The summed E-state index contributed by atoms with van der Waals surface area (Å²) in [5.41, 5.74) is 3.10. The smallest absolute Gasteiger partial charge is 0.252 e. The Morgan fingerprint density at radius 3 is 2.55 bits per heavy atom.